The molecule has 0 aromatic carbocycles. The monoisotopic (exact) mass is 265 g/mol. The van der Waals surface area contributed by atoms with Crippen LogP contribution in [0.3, 0.4) is 0 Å². The molecule has 4 heteroatoms. The zero-order chi connectivity index (χ0) is 14.0. The molecule has 1 N–H and O–H groups in total. The Hall–Kier alpha value is -0.870. The van der Waals surface area contributed by atoms with E-state index in [1.165, 1.54) is 12.0 Å². The average Bonchev–Trinajstić information content (AvgIpc) is 2.76. The van der Waals surface area contributed by atoms with E-state index in [9.17, 15) is 0 Å². The van der Waals surface area contributed by atoms with Crippen LogP contribution in [0.15, 0.2) is 4.52 Å². The lowest BCUT2D eigenvalue weighted by Crippen LogP contribution is -2.53. The van der Waals surface area contributed by atoms with Crippen molar-refractivity contribution in [1.82, 2.24) is 15.4 Å². The Kier molecular flexibility index (Phi) is 4.63. The van der Waals surface area contributed by atoms with E-state index < -0.39 is 0 Å². The van der Waals surface area contributed by atoms with E-state index >= 15 is 0 Å². The molecule has 0 radical (unpaired) electrons. The fraction of sp³-hybridized carbons (Fsp3) is 0.800. The second-order valence-corrected chi connectivity index (χ2v) is 5.85. The van der Waals surface area contributed by atoms with Gasteiger partial charge in [0.25, 0.3) is 0 Å². The normalized spacial score (nSPS) is 24.4. The molecule has 1 aliphatic rings. The van der Waals surface area contributed by atoms with Crippen LogP contribution in [0.1, 0.15) is 50.3 Å². The smallest absolute Gasteiger partial charge is 0.138 e. The SMILES string of the molecule is CCC(C)C1CN(C(C)c2c(C)noc2C)CCN1. The van der Waals surface area contributed by atoms with E-state index in [0.717, 1.165) is 37.0 Å². The van der Waals surface area contributed by atoms with Crippen LogP contribution in [0.2, 0.25) is 0 Å². The maximum atomic E-state index is 5.31. The highest BCUT2D eigenvalue weighted by Gasteiger charge is 2.29. The van der Waals surface area contributed by atoms with Crippen LogP contribution in [0.5, 0.6) is 0 Å². The molecular formula is C15H27N3O. The van der Waals surface area contributed by atoms with Crippen molar-refractivity contribution in [3.63, 3.8) is 0 Å². The molecule has 1 aliphatic heterocycles. The van der Waals surface area contributed by atoms with Crippen molar-refractivity contribution in [2.75, 3.05) is 19.6 Å². The Morgan fingerprint density at radius 1 is 1.42 bits per heavy atom. The molecule has 1 fully saturated rings. The van der Waals surface area contributed by atoms with Gasteiger partial charge < -0.3 is 9.84 Å². The molecule has 2 rings (SSSR count). The third kappa shape index (κ3) is 3.00. The number of aryl methyl sites for hydroxylation is 2. The minimum Gasteiger partial charge on any atom is -0.361 e. The first-order valence-corrected chi connectivity index (χ1v) is 7.44. The molecule has 0 bridgehead atoms. The summed E-state index contributed by atoms with van der Waals surface area (Å²) in [5.74, 6) is 1.68. The van der Waals surface area contributed by atoms with Crippen LogP contribution in [-0.4, -0.2) is 35.7 Å². The van der Waals surface area contributed by atoms with Gasteiger partial charge in [0.2, 0.25) is 0 Å². The van der Waals surface area contributed by atoms with Gasteiger partial charge in [-0.3, -0.25) is 4.90 Å². The van der Waals surface area contributed by atoms with Crippen molar-refractivity contribution < 1.29 is 4.52 Å². The Balaban J connectivity index is 2.09. The van der Waals surface area contributed by atoms with Gasteiger partial charge in [-0.2, -0.15) is 0 Å². The topological polar surface area (TPSA) is 41.3 Å². The molecule has 4 nitrogen and oxygen atoms in total. The Morgan fingerprint density at radius 3 is 2.74 bits per heavy atom. The number of nitrogens with one attached hydrogen (secondary N) is 1. The van der Waals surface area contributed by atoms with E-state index in [2.05, 4.69) is 36.1 Å². The first-order valence-electron chi connectivity index (χ1n) is 7.44. The predicted molar refractivity (Wildman–Crippen MR) is 77.2 cm³/mol. The molecular weight excluding hydrogens is 238 g/mol. The third-order valence-corrected chi connectivity index (χ3v) is 4.62. The van der Waals surface area contributed by atoms with Crippen LogP contribution >= 0.6 is 0 Å². The summed E-state index contributed by atoms with van der Waals surface area (Å²) in [5.41, 5.74) is 2.30. The predicted octanol–water partition coefficient (Wildman–Crippen LogP) is 2.67. The molecule has 2 heterocycles. The van der Waals surface area contributed by atoms with Crippen molar-refractivity contribution in [3.05, 3.63) is 17.0 Å². The fourth-order valence-corrected chi connectivity index (χ4v) is 3.09. The number of aromatic nitrogens is 1. The standard InChI is InChI=1S/C15H27N3O/c1-6-10(2)14-9-18(8-7-16-14)12(4)15-11(3)17-19-13(15)5/h10,12,14,16H,6-9H2,1-5H3. The molecule has 0 saturated carbocycles. The minimum absolute atomic E-state index is 0.389. The van der Waals surface area contributed by atoms with Gasteiger partial charge in [-0.15, -0.1) is 0 Å². The molecule has 3 unspecified atom stereocenters. The summed E-state index contributed by atoms with van der Waals surface area (Å²) in [4.78, 5) is 2.56. The number of piperazine rings is 1. The lowest BCUT2D eigenvalue weighted by atomic mass is 9.95. The van der Waals surface area contributed by atoms with Crippen molar-refractivity contribution in [3.8, 4) is 0 Å². The van der Waals surface area contributed by atoms with E-state index in [1.807, 2.05) is 13.8 Å². The fourth-order valence-electron chi connectivity index (χ4n) is 3.09. The number of nitrogens with zero attached hydrogens (tertiary/aromatic N) is 2. The summed E-state index contributed by atoms with van der Waals surface area (Å²) < 4.78 is 5.31. The third-order valence-electron chi connectivity index (χ3n) is 4.62. The molecule has 1 saturated heterocycles. The maximum Gasteiger partial charge on any atom is 0.138 e. The van der Waals surface area contributed by atoms with E-state index in [-0.39, 0.29) is 0 Å². The quantitative estimate of drug-likeness (QED) is 0.909. The van der Waals surface area contributed by atoms with Crippen molar-refractivity contribution in [2.24, 2.45) is 5.92 Å². The van der Waals surface area contributed by atoms with Crippen LogP contribution in [-0.2, 0) is 0 Å². The van der Waals surface area contributed by atoms with Gasteiger partial charge in [0.15, 0.2) is 0 Å². The molecule has 1 aromatic rings. The Bertz CT molecular complexity index is 396. The Labute approximate surface area is 116 Å². The zero-order valence-electron chi connectivity index (χ0n) is 12.9. The number of hydrogen-bond acceptors (Lipinski definition) is 4. The Morgan fingerprint density at radius 2 is 2.16 bits per heavy atom. The molecule has 0 amide bonds. The van der Waals surface area contributed by atoms with Gasteiger partial charge in [0.1, 0.15) is 5.76 Å². The van der Waals surface area contributed by atoms with E-state index in [0.29, 0.717) is 12.1 Å². The van der Waals surface area contributed by atoms with Crippen LogP contribution < -0.4 is 5.32 Å². The summed E-state index contributed by atoms with van der Waals surface area (Å²) in [6.07, 6.45) is 1.23. The van der Waals surface area contributed by atoms with Gasteiger partial charge >= 0.3 is 0 Å². The highest BCUT2D eigenvalue weighted by Crippen LogP contribution is 2.28. The van der Waals surface area contributed by atoms with Gasteiger partial charge in [0, 0.05) is 37.3 Å². The summed E-state index contributed by atoms with van der Waals surface area (Å²) in [6, 6.07) is 0.988. The van der Waals surface area contributed by atoms with Crippen LogP contribution in [0, 0.1) is 19.8 Å². The van der Waals surface area contributed by atoms with Crippen LogP contribution in [0.4, 0.5) is 0 Å². The number of rotatable bonds is 4. The molecule has 19 heavy (non-hydrogen) atoms. The number of hydrogen-bond donors (Lipinski definition) is 1. The summed E-state index contributed by atoms with van der Waals surface area (Å²) in [6.45, 7) is 14.2. The lowest BCUT2D eigenvalue weighted by Gasteiger charge is -2.39. The first-order chi connectivity index (χ1) is 9.04. The van der Waals surface area contributed by atoms with Crippen LogP contribution in [0.25, 0.3) is 0 Å². The minimum atomic E-state index is 0.389. The average molecular weight is 265 g/mol. The van der Waals surface area contributed by atoms with Gasteiger partial charge in [-0.25, -0.2) is 0 Å². The van der Waals surface area contributed by atoms with Gasteiger partial charge in [-0.05, 0) is 26.7 Å². The zero-order valence-corrected chi connectivity index (χ0v) is 12.9. The van der Waals surface area contributed by atoms with E-state index in [1.54, 1.807) is 0 Å². The molecule has 0 spiro atoms. The first kappa shape index (κ1) is 14.5. The molecule has 0 aliphatic carbocycles. The van der Waals surface area contributed by atoms with Crippen molar-refractivity contribution in [2.45, 2.75) is 53.1 Å². The maximum absolute atomic E-state index is 5.31. The van der Waals surface area contributed by atoms with Gasteiger partial charge in [0.05, 0.1) is 5.69 Å². The molecule has 3 atom stereocenters. The second-order valence-electron chi connectivity index (χ2n) is 5.85. The second kappa shape index (κ2) is 6.06. The van der Waals surface area contributed by atoms with Crippen molar-refractivity contribution >= 4 is 0 Å². The summed E-state index contributed by atoms with van der Waals surface area (Å²) >= 11 is 0. The van der Waals surface area contributed by atoms with Crippen molar-refractivity contribution in [1.29, 1.82) is 0 Å². The highest BCUT2D eigenvalue weighted by atomic mass is 16.5. The lowest BCUT2D eigenvalue weighted by molar-refractivity contribution is 0.129. The van der Waals surface area contributed by atoms with E-state index in [4.69, 9.17) is 4.52 Å². The highest BCUT2D eigenvalue weighted by molar-refractivity contribution is 5.24. The summed E-state index contributed by atoms with van der Waals surface area (Å²) in [5, 5.41) is 7.73. The molecule has 108 valence electrons. The van der Waals surface area contributed by atoms with Gasteiger partial charge in [-0.1, -0.05) is 25.4 Å². The summed E-state index contributed by atoms with van der Waals surface area (Å²) in [7, 11) is 0. The largest absolute Gasteiger partial charge is 0.361 e. The molecule has 1 aromatic heterocycles.